The summed E-state index contributed by atoms with van der Waals surface area (Å²) in [7, 11) is 2.14. The molecule has 0 radical (unpaired) electrons. The van der Waals surface area contributed by atoms with Gasteiger partial charge < -0.3 is 24.8 Å². The minimum absolute atomic E-state index is 0.0284. The zero-order chi connectivity index (χ0) is 28.9. The molecule has 220 valence electrons. The Morgan fingerprint density at radius 3 is 2.51 bits per heavy atom. The van der Waals surface area contributed by atoms with Crippen LogP contribution in [0.15, 0.2) is 29.6 Å². The predicted octanol–water partition coefficient (Wildman–Crippen LogP) is 3.30. The van der Waals surface area contributed by atoms with Crippen molar-refractivity contribution in [1.29, 1.82) is 0 Å². The van der Waals surface area contributed by atoms with Gasteiger partial charge in [0, 0.05) is 55.1 Å². The molecule has 2 aromatic rings. The molecule has 2 amide bonds. The number of Topliss-reactive ketones (excluding diaryl/α,β-unsaturated/α-hetero) is 1. The maximum absolute atomic E-state index is 14.1. The Morgan fingerprint density at radius 1 is 1.15 bits per heavy atom. The van der Waals surface area contributed by atoms with Crippen LogP contribution in [0.4, 0.5) is 5.13 Å². The number of hydrogen-bond donors (Lipinski definition) is 1. The van der Waals surface area contributed by atoms with Gasteiger partial charge in [0.2, 0.25) is 5.91 Å². The lowest BCUT2D eigenvalue weighted by atomic mass is 9.80. The number of ketones is 1. The summed E-state index contributed by atoms with van der Waals surface area (Å²) in [5, 5.41) is 6.15. The maximum Gasteiger partial charge on any atom is 0.251 e. The Bertz CT molecular complexity index is 1300. The van der Waals surface area contributed by atoms with Crippen LogP contribution in [0.25, 0.3) is 11.3 Å². The smallest absolute Gasteiger partial charge is 0.251 e. The van der Waals surface area contributed by atoms with Gasteiger partial charge in [-0.25, -0.2) is 4.98 Å². The van der Waals surface area contributed by atoms with E-state index in [1.807, 2.05) is 32.9 Å². The summed E-state index contributed by atoms with van der Waals surface area (Å²) < 4.78 is 5.87. The number of anilines is 1. The van der Waals surface area contributed by atoms with Crippen molar-refractivity contribution in [3.05, 3.63) is 35.2 Å². The van der Waals surface area contributed by atoms with Crippen LogP contribution in [-0.2, 0) is 14.3 Å². The van der Waals surface area contributed by atoms with Crippen LogP contribution >= 0.6 is 11.3 Å². The molecule has 10 heteroatoms. The minimum Gasteiger partial charge on any atom is -0.367 e. The van der Waals surface area contributed by atoms with Gasteiger partial charge >= 0.3 is 0 Å². The van der Waals surface area contributed by atoms with E-state index in [4.69, 9.17) is 9.72 Å². The normalized spacial score (nSPS) is 25.9. The third-order valence-corrected chi connectivity index (χ3v) is 10.6. The molecule has 41 heavy (non-hydrogen) atoms. The second-order valence-corrected chi connectivity index (χ2v) is 13.6. The Kier molecular flexibility index (Phi) is 7.67. The number of likely N-dealkylation sites (tertiary alicyclic amines) is 1. The van der Waals surface area contributed by atoms with E-state index in [-0.39, 0.29) is 36.2 Å². The molecule has 0 bridgehead atoms. The van der Waals surface area contributed by atoms with E-state index >= 15 is 0 Å². The number of carbonyl (C=O) groups is 3. The van der Waals surface area contributed by atoms with Gasteiger partial charge in [0.1, 0.15) is 18.7 Å². The third kappa shape index (κ3) is 5.53. The summed E-state index contributed by atoms with van der Waals surface area (Å²) in [5.41, 5.74) is 1.84. The molecule has 0 unspecified atom stereocenters. The number of rotatable bonds is 8. The Morgan fingerprint density at radius 2 is 1.85 bits per heavy atom. The fraction of sp³-hybridized carbons (Fsp3) is 0.613. The highest BCUT2D eigenvalue weighted by Crippen LogP contribution is 2.46. The molecule has 4 heterocycles. The molecule has 6 rings (SSSR count). The van der Waals surface area contributed by atoms with Crippen molar-refractivity contribution >= 4 is 34.1 Å². The first-order valence-corrected chi connectivity index (χ1v) is 15.8. The number of fused-ring (bicyclic) bond motifs is 1. The first kappa shape index (κ1) is 28.3. The maximum atomic E-state index is 14.1. The van der Waals surface area contributed by atoms with Crippen LogP contribution in [0, 0.1) is 17.3 Å². The summed E-state index contributed by atoms with van der Waals surface area (Å²) in [6, 6.07) is 6.13. The molecular formula is C31H41N5O4S. The molecule has 9 nitrogen and oxygen atoms in total. The van der Waals surface area contributed by atoms with Crippen LogP contribution in [0.2, 0.25) is 0 Å². The number of ether oxygens (including phenoxy) is 1. The van der Waals surface area contributed by atoms with Crippen molar-refractivity contribution < 1.29 is 19.1 Å². The highest BCUT2D eigenvalue weighted by molar-refractivity contribution is 7.14. The number of carbonyl (C=O) groups excluding carboxylic acids is 3. The summed E-state index contributed by atoms with van der Waals surface area (Å²) in [5.74, 6) is 0.215. The van der Waals surface area contributed by atoms with E-state index in [0.717, 1.165) is 55.4 Å². The van der Waals surface area contributed by atoms with Crippen molar-refractivity contribution in [2.75, 3.05) is 51.3 Å². The van der Waals surface area contributed by atoms with E-state index in [1.165, 1.54) is 0 Å². The number of nitrogens with one attached hydrogen (secondary N) is 1. The summed E-state index contributed by atoms with van der Waals surface area (Å²) >= 11 is 1.65. The van der Waals surface area contributed by atoms with Crippen LogP contribution in [0.3, 0.4) is 0 Å². The monoisotopic (exact) mass is 579 g/mol. The van der Waals surface area contributed by atoms with Gasteiger partial charge in [-0.3, -0.25) is 14.4 Å². The Hall–Kier alpha value is -2.82. The molecule has 3 aliphatic heterocycles. The molecular weight excluding hydrogens is 538 g/mol. The zero-order valence-electron chi connectivity index (χ0n) is 24.5. The molecule has 1 N–H and O–H groups in total. The third-order valence-electron chi connectivity index (χ3n) is 9.66. The number of nitrogens with zero attached hydrogens (tertiary/aromatic N) is 4. The van der Waals surface area contributed by atoms with Crippen molar-refractivity contribution in [3.8, 4) is 11.3 Å². The lowest BCUT2D eigenvalue weighted by molar-refractivity contribution is -0.140. The number of aromatic nitrogens is 1. The molecule has 4 fully saturated rings. The number of amides is 2. The van der Waals surface area contributed by atoms with Crippen LogP contribution in [-0.4, -0.2) is 96.9 Å². The zero-order valence-corrected chi connectivity index (χ0v) is 25.3. The second-order valence-electron chi connectivity index (χ2n) is 12.8. The summed E-state index contributed by atoms with van der Waals surface area (Å²) in [4.78, 5) is 51.6. The van der Waals surface area contributed by atoms with E-state index in [0.29, 0.717) is 24.4 Å². The number of hydrogen-bond acceptors (Lipinski definition) is 8. The van der Waals surface area contributed by atoms with Crippen molar-refractivity contribution in [2.45, 2.75) is 58.2 Å². The number of thiazole rings is 1. The van der Waals surface area contributed by atoms with Gasteiger partial charge in [-0.1, -0.05) is 32.9 Å². The average molecular weight is 580 g/mol. The largest absolute Gasteiger partial charge is 0.367 e. The SMILES string of the molecule is CCC(C)(C)[C@H](NC(=O)c1ccc(-c2csc(N3CCN(C)CC3)n2)cc1)C(=O)N1C[C@@H](C2CC2)[C@H]2OCC(=O)[C@H]21. The summed E-state index contributed by atoms with van der Waals surface area (Å²) in [6.45, 7) is 10.6. The van der Waals surface area contributed by atoms with Gasteiger partial charge in [0.05, 0.1) is 11.8 Å². The van der Waals surface area contributed by atoms with Crippen molar-refractivity contribution in [2.24, 2.45) is 17.3 Å². The predicted molar refractivity (Wildman–Crippen MR) is 159 cm³/mol. The van der Waals surface area contributed by atoms with Gasteiger partial charge in [-0.2, -0.15) is 0 Å². The first-order valence-electron chi connectivity index (χ1n) is 14.9. The lowest BCUT2D eigenvalue weighted by Crippen LogP contribution is -2.57. The minimum atomic E-state index is -0.753. The molecule has 0 spiro atoms. The fourth-order valence-electron chi connectivity index (χ4n) is 6.37. The first-order chi connectivity index (χ1) is 19.7. The van der Waals surface area contributed by atoms with Crippen LogP contribution in [0.1, 0.15) is 50.4 Å². The molecule has 1 aliphatic carbocycles. The van der Waals surface area contributed by atoms with Gasteiger partial charge in [0.15, 0.2) is 10.9 Å². The topological polar surface area (TPSA) is 95.1 Å². The van der Waals surface area contributed by atoms with E-state index in [2.05, 4.69) is 27.5 Å². The van der Waals surface area contributed by atoms with E-state index in [9.17, 15) is 14.4 Å². The standard InChI is InChI=1S/C31H41N5O4S/c1-5-31(2,3)27(29(39)36-16-22(19-6-7-19)26-25(36)24(37)17-40-26)33-28(38)21-10-8-20(9-11-21)23-18-41-30(32-23)35-14-12-34(4)13-15-35/h8-11,18-19,22,25-27H,5-7,12-17H2,1-4H3,(H,33,38)/t22-,25+,26+,27+/m0/s1. The molecule has 1 aromatic heterocycles. The Balaban J connectivity index is 1.16. The fourth-order valence-corrected chi connectivity index (χ4v) is 7.26. The highest BCUT2D eigenvalue weighted by Gasteiger charge is 2.57. The Labute approximate surface area is 246 Å². The second kappa shape index (κ2) is 11.1. The molecule has 4 atom stereocenters. The van der Waals surface area contributed by atoms with Gasteiger partial charge in [-0.05, 0) is 49.8 Å². The van der Waals surface area contributed by atoms with Gasteiger partial charge in [0.25, 0.3) is 5.91 Å². The number of benzene rings is 1. The highest BCUT2D eigenvalue weighted by atomic mass is 32.1. The van der Waals surface area contributed by atoms with E-state index < -0.39 is 17.5 Å². The molecule has 4 aliphatic rings. The number of piperazine rings is 1. The molecule has 1 aromatic carbocycles. The van der Waals surface area contributed by atoms with Crippen LogP contribution in [0.5, 0.6) is 0 Å². The lowest BCUT2D eigenvalue weighted by Gasteiger charge is -2.36. The van der Waals surface area contributed by atoms with Crippen molar-refractivity contribution in [3.63, 3.8) is 0 Å². The average Bonchev–Trinajstić information content (AvgIpc) is 3.38. The quantitative estimate of drug-likeness (QED) is 0.513. The summed E-state index contributed by atoms with van der Waals surface area (Å²) in [6.07, 6.45) is 2.74. The van der Waals surface area contributed by atoms with Crippen LogP contribution < -0.4 is 10.2 Å². The molecule has 3 saturated heterocycles. The van der Waals surface area contributed by atoms with Gasteiger partial charge in [-0.15, -0.1) is 11.3 Å². The molecule has 1 saturated carbocycles. The van der Waals surface area contributed by atoms with E-state index in [1.54, 1.807) is 28.4 Å². The number of likely N-dealkylation sites (N-methyl/N-ethyl adjacent to an activating group) is 1. The van der Waals surface area contributed by atoms with Crippen molar-refractivity contribution in [1.82, 2.24) is 20.1 Å².